The Balaban J connectivity index is 2.13. The highest BCUT2D eigenvalue weighted by molar-refractivity contribution is 6.30. The van der Waals surface area contributed by atoms with E-state index in [9.17, 15) is 5.11 Å². The molecule has 0 aliphatic carbocycles. The maximum absolute atomic E-state index is 9.26. The zero-order valence-corrected chi connectivity index (χ0v) is 12.7. The van der Waals surface area contributed by atoms with Crippen LogP contribution in [0.4, 0.5) is 5.69 Å². The van der Waals surface area contributed by atoms with Crippen LogP contribution < -0.4 is 10.2 Å². The fraction of sp³-hybridized carbons (Fsp3) is 0.600. The van der Waals surface area contributed by atoms with Crippen LogP contribution in [0.2, 0.25) is 5.02 Å². The number of halogens is 1. The lowest BCUT2D eigenvalue weighted by atomic mass is 10.1. The summed E-state index contributed by atoms with van der Waals surface area (Å²) in [4.78, 5) is 2.25. The predicted molar refractivity (Wildman–Crippen MR) is 82.5 cm³/mol. The molecule has 2 N–H and O–H groups in total. The summed E-state index contributed by atoms with van der Waals surface area (Å²) in [6.45, 7) is 6.23. The van der Waals surface area contributed by atoms with Crippen molar-refractivity contribution in [1.29, 1.82) is 0 Å². The third-order valence-electron chi connectivity index (χ3n) is 3.47. The van der Waals surface area contributed by atoms with Gasteiger partial charge in [-0.25, -0.2) is 0 Å². The Hall–Kier alpha value is -0.810. The Bertz CT molecular complexity index is 428. The van der Waals surface area contributed by atoms with E-state index in [0.29, 0.717) is 13.2 Å². The molecule has 1 aliphatic rings. The van der Waals surface area contributed by atoms with Crippen molar-refractivity contribution in [3.05, 3.63) is 28.8 Å². The van der Waals surface area contributed by atoms with Crippen LogP contribution in [0.3, 0.4) is 0 Å². The van der Waals surface area contributed by atoms with E-state index in [4.69, 9.17) is 16.3 Å². The fourth-order valence-corrected chi connectivity index (χ4v) is 2.60. The minimum atomic E-state index is -0.112. The lowest BCUT2D eigenvalue weighted by Crippen LogP contribution is -2.44. The molecular formula is C15H23ClN2O2. The maximum atomic E-state index is 9.26. The average molecular weight is 299 g/mol. The van der Waals surface area contributed by atoms with E-state index in [-0.39, 0.29) is 12.7 Å². The summed E-state index contributed by atoms with van der Waals surface area (Å²) >= 11 is 6.14. The van der Waals surface area contributed by atoms with Crippen molar-refractivity contribution >= 4 is 17.3 Å². The number of hydrogen-bond donors (Lipinski definition) is 2. The first-order valence-corrected chi connectivity index (χ1v) is 7.59. The molecule has 0 radical (unpaired) electrons. The minimum absolute atomic E-state index is 0.0560. The van der Waals surface area contributed by atoms with Gasteiger partial charge in [-0.15, -0.1) is 0 Å². The zero-order chi connectivity index (χ0) is 14.4. The maximum Gasteiger partial charge on any atom is 0.0980 e. The van der Waals surface area contributed by atoms with Gasteiger partial charge in [0.15, 0.2) is 0 Å². The second kappa shape index (κ2) is 7.84. The summed E-state index contributed by atoms with van der Waals surface area (Å²) in [5.74, 6) is 0. The first-order chi connectivity index (χ1) is 9.74. The monoisotopic (exact) mass is 298 g/mol. The Kier molecular flexibility index (Phi) is 6.10. The number of nitrogens with one attached hydrogen (secondary N) is 1. The number of anilines is 1. The molecule has 1 saturated heterocycles. The van der Waals surface area contributed by atoms with Crippen LogP contribution in [0.5, 0.6) is 0 Å². The molecule has 1 fully saturated rings. The fourth-order valence-electron chi connectivity index (χ4n) is 2.43. The van der Waals surface area contributed by atoms with Gasteiger partial charge < -0.3 is 20.1 Å². The number of hydrogen-bond acceptors (Lipinski definition) is 4. The van der Waals surface area contributed by atoms with Gasteiger partial charge in [0.25, 0.3) is 0 Å². The summed E-state index contributed by atoms with van der Waals surface area (Å²) < 4.78 is 5.51. The van der Waals surface area contributed by atoms with Crippen LogP contribution in [0.1, 0.15) is 18.9 Å². The van der Waals surface area contributed by atoms with Gasteiger partial charge in [-0.3, -0.25) is 0 Å². The highest BCUT2D eigenvalue weighted by Gasteiger charge is 2.21. The van der Waals surface area contributed by atoms with Crippen LogP contribution >= 0.6 is 11.6 Å². The number of morpholine rings is 1. The average Bonchev–Trinajstić information content (AvgIpc) is 2.49. The molecule has 0 spiro atoms. The van der Waals surface area contributed by atoms with E-state index in [2.05, 4.69) is 23.2 Å². The number of ether oxygens (including phenoxy) is 1. The minimum Gasteiger partial charge on any atom is -0.394 e. The number of rotatable bonds is 6. The summed E-state index contributed by atoms with van der Waals surface area (Å²) in [5.41, 5.74) is 2.38. The molecule has 0 aromatic heterocycles. The smallest absolute Gasteiger partial charge is 0.0980 e. The van der Waals surface area contributed by atoms with Gasteiger partial charge in [-0.2, -0.15) is 0 Å². The van der Waals surface area contributed by atoms with Gasteiger partial charge in [-0.1, -0.05) is 24.6 Å². The van der Waals surface area contributed by atoms with Crippen molar-refractivity contribution in [3.8, 4) is 0 Å². The number of benzene rings is 1. The molecule has 0 saturated carbocycles. The molecule has 4 nitrogen and oxygen atoms in total. The van der Waals surface area contributed by atoms with E-state index in [0.717, 1.165) is 36.8 Å². The van der Waals surface area contributed by atoms with E-state index < -0.39 is 0 Å². The predicted octanol–water partition coefficient (Wildman–Crippen LogP) is 2.04. The van der Waals surface area contributed by atoms with Gasteiger partial charge in [-0.05, 0) is 30.7 Å². The summed E-state index contributed by atoms with van der Waals surface area (Å²) in [5, 5.41) is 13.4. The van der Waals surface area contributed by atoms with Crippen LogP contribution in [0.15, 0.2) is 18.2 Å². The largest absolute Gasteiger partial charge is 0.394 e. The Morgan fingerprint density at radius 1 is 1.50 bits per heavy atom. The highest BCUT2D eigenvalue weighted by atomic mass is 35.5. The number of aliphatic hydroxyl groups excluding tert-OH is 1. The molecule has 1 heterocycles. The number of aliphatic hydroxyl groups is 1. The second-order valence-electron chi connectivity index (χ2n) is 5.07. The first-order valence-electron chi connectivity index (χ1n) is 7.21. The van der Waals surface area contributed by atoms with Gasteiger partial charge >= 0.3 is 0 Å². The lowest BCUT2D eigenvalue weighted by molar-refractivity contribution is 0.00352. The molecule has 5 heteroatoms. The molecule has 2 rings (SSSR count). The topological polar surface area (TPSA) is 44.7 Å². The van der Waals surface area contributed by atoms with E-state index in [1.165, 1.54) is 5.56 Å². The van der Waals surface area contributed by atoms with E-state index in [1.807, 2.05) is 12.1 Å². The molecule has 0 amide bonds. The number of nitrogens with zero attached hydrogens (tertiary/aromatic N) is 1. The van der Waals surface area contributed by atoms with Crippen molar-refractivity contribution < 1.29 is 9.84 Å². The van der Waals surface area contributed by atoms with Crippen LogP contribution in [-0.2, 0) is 11.3 Å². The van der Waals surface area contributed by atoms with Gasteiger partial charge in [0.1, 0.15) is 0 Å². The molecule has 1 unspecified atom stereocenters. The molecule has 1 atom stereocenters. The molecule has 1 aromatic rings. The Morgan fingerprint density at radius 3 is 3.10 bits per heavy atom. The van der Waals surface area contributed by atoms with Crippen molar-refractivity contribution in [2.24, 2.45) is 0 Å². The first kappa shape index (κ1) is 15.6. The van der Waals surface area contributed by atoms with Crippen LogP contribution in [-0.4, -0.2) is 44.1 Å². The van der Waals surface area contributed by atoms with Crippen molar-refractivity contribution in [2.75, 3.05) is 37.7 Å². The Morgan fingerprint density at radius 2 is 2.35 bits per heavy atom. The second-order valence-corrected chi connectivity index (χ2v) is 5.51. The summed E-state index contributed by atoms with van der Waals surface area (Å²) in [6, 6.07) is 6.01. The third kappa shape index (κ3) is 4.09. The van der Waals surface area contributed by atoms with E-state index >= 15 is 0 Å². The molecule has 20 heavy (non-hydrogen) atoms. The van der Waals surface area contributed by atoms with Crippen LogP contribution in [0, 0.1) is 0 Å². The summed E-state index contributed by atoms with van der Waals surface area (Å²) in [6.07, 6.45) is 1.01. The van der Waals surface area contributed by atoms with Crippen molar-refractivity contribution in [2.45, 2.75) is 26.0 Å². The standard InChI is InChI=1S/C15H23ClN2O2/c1-2-5-17-9-12-3-4-13(16)8-15(12)18-6-7-20-14(10-18)11-19/h3-4,8,14,17,19H,2,5-7,9-11H2,1H3. The third-order valence-corrected chi connectivity index (χ3v) is 3.71. The zero-order valence-electron chi connectivity index (χ0n) is 11.9. The molecule has 1 aliphatic heterocycles. The molecule has 112 valence electrons. The van der Waals surface area contributed by atoms with Crippen molar-refractivity contribution in [1.82, 2.24) is 5.32 Å². The quantitative estimate of drug-likeness (QED) is 0.789. The molecule has 0 bridgehead atoms. The van der Waals surface area contributed by atoms with Gasteiger partial charge in [0.05, 0.1) is 19.3 Å². The van der Waals surface area contributed by atoms with Crippen LogP contribution in [0.25, 0.3) is 0 Å². The van der Waals surface area contributed by atoms with E-state index in [1.54, 1.807) is 0 Å². The van der Waals surface area contributed by atoms with Gasteiger partial charge in [0, 0.05) is 30.3 Å². The normalized spacial score (nSPS) is 19.4. The van der Waals surface area contributed by atoms with Crippen molar-refractivity contribution in [3.63, 3.8) is 0 Å². The van der Waals surface area contributed by atoms with Gasteiger partial charge in [0.2, 0.25) is 0 Å². The lowest BCUT2D eigenvalue weighted by Gasteiger charge is -2.35. The molecule has 1 aromatic carbocycles. The Labute approximate surface area is 125 Å². The molecular weight excluding hydrogens is 276 g/mol. The summed E-state index contributed by atoms with van der Waals surface area (Å²) in [7, 11) is 0. The highest BCUT2D eigenvalue weighted by Crippen LogP contribution is 2.26. The SMILES string of the molecule is CCCNCc1ccc(Cl)cc1N1CCOC(CO)C1.